The molecule has 1 spiro atoms. The largest absolute Gasteiger partial charge is 0.456 e. The van der Waals surface area contributed by atoms with Crippen LogP contribution < -0.4 is 4.74 Å². The Hall–Kier alpha value is -3.59. The third kappa shape index (κ3) is 3.52. The Balaban J connectivity index is 1.14. The first-order valence-corrected chi connectivity index (χ1v) is 12.2. The van der Waals surface area contributed by atoms with Gasteiger partial charge in [-0.05, 0) is 49.4 Å². The number of rotatable bonds is 4. The van der Waals surface area contributed by atoms with Gasteiger partial charge in [0, 0.05) is 30.7 Å². The number of H-pyrrole nitrogens is 1. The Kier molecular flexibility index (Phi) is 4.49. The average molecular weight is 507 g/mol. The summed E-state index contributed by atoms with van der Waals surface area (Å²) in [6, 6.07) is 9.34. The van der Waals surface area contributed by atoms with E-state index in [9.17, 15) is 8.78 Å². The van der Waals surface area contributed by atoms with Crippen molar-refractivity contribution in [3.63, 3.8) is 0 Å². The molecule has 36 heavy (non-hydrogen) atoms. The van der Waals surface area contributed by atoms with Crippen LogP contribution in [0.3, 0.4) is 0 Å². The summed E-state index contributed by atoms with van der Waals surface area (Å²) in [4.78, 5) is 16.9. The van der Waals surface area contributed by atoms with Gasteiger partial charge in [0.05, 0.1) is 40.7 Å². The van der Waals surface area contributed by atoms with Gasteiger partial charge in [-0.15, -0.1) is 0 Å². The molecule has 10 heteroatoms. The standard InChI is InChI=1S/C26H21ClF2N6O/c1-14-32-18-3-2-17(6-20(18)33-14)36-22-5-4-19-24(23(22)27)34-21(10-30-19)15-9-31-35(11-15)16-7-25(8-16)12-26(28,29)13-25/h2-6,9-11,16H,7-8,12-13H2,1H3,(H,32,33). The normalized spacial score (nSPS) is 18.4. The molecule has 0 radical (unpaired) electrons. The minimum absolute atomic E-state index is 0.000926. The van der Waals surface area contributed by atoms with Gasteiger partial charge in [0.2, 0.25) is 5.92 Å². The molecule has 0 amide bonds. The number of fused-ring (bicyclic) bond motifs is 2. The highest BCUT2D eigenvalue weighted by atomic mass is 35.5. The van der Waals surface area contributed by atoms with Crippen LogP contribution in [0.4, 0.5) is 8.78 Å². The zero-order valence-electron chi connectivity index (χ0n) is 19.3. The number of hydrogen-bond acceptors (Lipinski definition) is 5. The van der Waals surface area contributed by atoms with Gasteiger partial charge in [0.15, 0.2) is 0 Å². The van der Waals surface area contributed by atoms with Gasteiger partial charge < -0.3 is 9.72 Å². The van der Waals surface area contributed by atoms with E-state index in [2.05, 4.69) is 20.1 Å². The van der Waals surface area contributed by atoms with Crippen LogP contribution in [0.5, 0.6) is 11.5 Å². The van der Waals surface area contributed by atoms with Gasteiger partial charge in [-0.3, -0.25) is 9.67 Å². The first-order chi connectivity index (χ1) is 17.3. The number of aryl methyl sites for hydroxylation is 1. The number of ether oxygens (including phenoxy) is 1. The Morgan fingerprint density at radius 3 is 2.69 bits per heavy atom. The predicted octanol–water partition coefficient (Wildman–Crippen LogP) is 6.87. The predicted molar refractivity (Wildman–Crippen MR) is 132 cm³/mol. The van der Waals surface area contributed by atoms with Gasteiger partial charge >= 0.3 is 0 Å². The summed E-state index contributed by atoms with van der Waals surface area (Å²) >= 11 is 6.71. The van der Waals surface area contributed by atoms with Crippen LogP contribution >= 0.6 is 11.6 Å². The molecule has 2 saturated carbocycles. The van der Waals surface area contributed by atoms with Crippen molar-refractivity contribution in [2.45, 2.75) is 44.6 Å². The molecule has 2 aliphatic carbocycles. The fraction of sp³-hybridized carbons (Fsp3) is 0.308. The lowest BCUT2D eigenvalue weighted by molar-refractivity contribution is -0.204. The molecule has 2 fully saturated rings. The third-order valence-electron chi connectivity index (χ3n) is 7.29. The lowest BCUT2D eigenvalue weighted by Crippen LogP contribution is -2.53. The summed E-state index contributed by atoms with van der Waals surface area (Å²) < 4.78 is 34.6. The zero-order chi connectivity index (χ0) is 24.7. The number of imidazole rings is 1. The first-order valence-electron chi connectivity index (χ1n) is 11.8. The second-order valence-electron chi connectivity index (χ2n) is 10.1. The maximum Gasteiger partial charge on any atom is 0.249 e. The van der Waals surface area contributed by atoms with Gasteiger partial charge in [0.25, 0.3) is 0 Å². The molecule has 3 aromatic heterocycles. The van der Waals surface area contributed by atoms with Crippen molar-refractivity contribution in [1.29, 1.82) is 0 Å². The molecule has 0 saturated heterocycles. The topological polar surface area (TPSA) is 81.5 Å². The zero-order valence-corrected chi connectivity index (χ0v) is 20.1. The van der Waals surface area contributed by atoms with E-state index in [0.29, 0.717) is 33.2 Å². The van der Waals surface area contributed by atoms with E-state index in [1.807, 2.05) is 42.1 Å². The Morgan fingerprint density at radius 2 is 1.89 bits per heavy atom. The van der Waals surface area contributed by atoms with E-state index in [0.717, 1.165) is 35.3 Å². The Labute approximate surface area is 209 Å². The summed E-state index contributed by atoms with van der Waals surface area (Å²) in [5.41, 5.74) is 4.14. The Morgan fingerprint density at radius 1 is 1.08 bits per heavy atom. The van der Waals surface area contributed by atoms with E-state index in [-0.39, 0.29) is 24.3 Å². The first kappa shape index (κ1) is 21.7. The van der Waals surface area contributed by atoms with Crippen molar-refractivity contribution in [1.82, 2.24) is 29.7 Å². The van der Waals surface area contributed by atoms with Crippen molar-refractivity contribution >= 4 is 33.7 Å². The highest BCUT2D eigenvalue weighted by Crippen LogP contribution is 2.65. The summed E-state index contributed by atoms with van der Waals surface area (Å²) in [6.07, 6.45) is 6.79. The van der Waals surface area contributed by atoms with Crippen molar-refractivity contribution in [2.75, 3.05) is 0 Å². The van der Waals surface area contributed by atoms with Crippen LogP contribution in [-0.2, 0) is 0 Å². The monoisotopic (exact) mass is 506 g/mol. The van der Waals surface area contributed by atoms with Crippen molar-refractivity contribution in [3.05, 3.63) is 59.8 Å². The molecular formula is C26H21ClF2N6O. The molecule has 7 nitrogen and oxygen atoms in total. The van der Waals surface area contributed by atoms with E-state index in [1.54, 1.807) is 18.5 Å². The molecule has 5 aromatic rings. The van der Waals surface area contributed by atoms with Crippen LogP contribution in [0.2, 0.25) is 5.02 Å². The average Bonchev–Trinajstić information content (AvgIpc) is 3.43. The number of hydrogen-bond donors (Lipinski definition) is 1. The fourth-order valence-electron chi connectivity index (χ4n) is 5.68. The molecule has 0 aliphatic heterocycles. The summed E-state index contributed by atoms with van der Waals surface area (Å²) in [7, 11) is 0. The molecule has 1 N–H and O–H groups in total. The quantitative estimate of drug-likeness (QED) is 0.287. The second-order valence-corrected chi connectivity index (χ2v) is 10.5. The molecule has 7 rings (SSSR count). The summed E-state index contributed by atoms with van der Waals surface area (Å²) in [5, 5.41) is 4.84. The van der Waals surface area contributed by atoms with E-state index in [1.165, 1.54) is 0 Å². The maximum atomic E-state index is 13.3. The maximum absolute atomic E-state index is 13.3. The number of aromatic nitrogens is 6. The number of nitrogens with one attached hydrogen (secondary N) is 1. The molecule has 2 aliphatic rings. The van der Waals surface area contributed by atoms with Gasteiger partial charge in [0.1, 0.15) is 27.9 Å². The number of aromatic amines is 1. The molecule has 0 atom stereocenters. The number of halogens is 3. The molecule has 182 valence electrons. The van der Waals surface area contributed by atoms with E-state index < -0.39 is 5.92 Å². The van der Waals surface area contributed by atoms with Crippen LogP contribution in [0.1, 0.15) is 37.5 Å². The molecule has 3 heterocycles. The van der Waals surface area contributed by atoms with E-state index in [4.69, 9.17) is 21.3 Å². The highest BCUT2D eigenvalue weighted by Gasteiger charge is 2.62. The van der Waals surface area contributed by atoms with Gasteiger partial charge in [-0.1, -0.05) is 11.6 Å². The second kappa shape index (κ2) is 7.46. The molecule has 0 unspecified atom stereocenters. The summed E-state index contributed by atoms with van der Waals surface area (Å²) in [6.45, 7) is 1.90. The lowest BCUT2D eigenvalue weighted by atomic mass is 9.52. The van der Waals surface area contributed by atoms with Gasteiger partial charge in [-0.2, -0.15) is 5.10 Å². The third-order valence-corrected chi connectivity index (χ3v) is 7.66. The van der Waals surface area contributed by atoms with Crippen LogP contribution in [0, 0.1) is 12.3 Å². The number of alkyl halides is 2. The summed E-state index contributed by atoms with van der Waals surface area (Å²) in [5.74, 6) is -0.564. The van der Waals surface area contributed by atoms with E-state index >= 15 is 0 Å². The van der Waals surface area contributed by atoms with Crippen LogP contribution in [0.25, 0.3) is 33.3 Å². The Bertz CT molecular complexity index is 1650. The minimum Gasteiger partial charge on any atom is -0.456 e. The number of nitrogens with zero attached hydrogens (tertiary/aromatic N) is 5. The van der Waals surface area contributed by atoms with Crippen molar-refractivity contribution in [3.8, 4) is 22.8 Å². The van der Waals surface area contributed by atoms with Gasteiger partial charge in [-0.25, -0.2) is 18.7 Å². The molecule has 0 bridgehead atoms. The SMILES string of the molecule is Cc1nc2ccc(Oc3ccc4ncc(-c5cnn(C6CC7(C6)CC(F)(F)C7)c5)nc4c3Cl)cc2[nH]1. The fourth-order valence-corrected chi connectivity index (χ4v) is 5.92. The van der Waals surface area contributed by atoms with Crippen molar-refractivity contribution in [2.24, 2.45) is 5.41 Å². The lowest BCUT2D eigenvalue weighted by Gasteiger charge is -2.57. The van der Waals surface area contributed by atoms with Crippen molar-refractivity contribution < 1.29 is 13.5 Å². The molecular weight excluding hydrogens is 486 g/mol. The van der Waals surface area contributed by atoms with Crippen LogP contribution in [0.15, 0.2) is 48.9 Å². The van der Waals surface area contributed by atoms with Crippen LogP contribution in [-0.4, -0.2) is 35.6 Å². The highest BCUT2D eigenvalue weighted by molar-refractivity contribution is 6.36. The minimum atomic E-state index is -2.49. The number of benzene rings is 2. The smallest absolute Gasteiger partial charge is 0.249 e. The molecule has 2 aromatic carbocycles.